The van der Waals surface area contributed by atoms with Gasteiger partial charge >= 0.3 is 5.97 Å². The van der Waals surface area contributed by atoms with E-state index in [-0.39, 0.29) is 13.0 Å². The second-order valence-electron chi connectivity index (χ2n) is 2.26. The molecule has 0 fully saturated rings. The number of nitrogens with one attached hydrogen (secondary N) is 1. The van der Waals surface area contributed by atoms with Crippen molar-refractivity contribution in [1.29, 1.82) is 0 Å². The van der Waals surface area contributed by atoms with E-state index in [0.717, 1.165) is 0 Å². The van der Waals surface area contributed by atoms with Crippen molar-refractivity contribution in [3.63, 3.8) is 0 Å². The van der Waals surface area contributed by atoms with Crippen LogP contribution >= 0.6 is 0 Å². The van der Waals surface area contributed by atoms with Crippen molar-refractivity contribution in [2.75, 3.05) is 13.6 Å². The maximum Gasteiger partial charge on any atom is 0.308 e. The van der Waals surface area contributed by atoms with E-state index in [0.29, 0.717) is 0 Å². The Morgan fingerprint density at radius 2 is 2.18 bits per heavy atom. The zero-order valence-corrected chi connectivity index (χ0v) is 6.33. The predicted molar refractivity (Wildman–Crippen MR) is 38.9 cm³/mol. The van der Waals surface area contributed by atoms with Gasteiger partial charge in [-0.2, -0.15) is 0 Å². The number of carbonyl (C=O) groups excluding carboxylic acids is 1. The molecule has 1 amide bonds. The van der Waals surface area contributed by atoms with Crippen LogP contribution in [0.1, 0.15) is 6.42 Å². The Morgan fingerprint density at radius 1 is 1.64 bits per heavy atom. The van der Waals surface area contributed by atoms with Gasteiger partial charge in [0.2, 0.25) is 5.91 Å². The summed E-state index contributed by atoms with van der Waals surface area (Å²) in [6.45, 7) is 0.262. The number of carbonyl (C=O) groups is 2. The van der Waals surface area contributed by atoms with Gasteiger partial charge in [0.15, 0.2) is 0 Å². The van der Waals surface area contributed by atoms with Gasteiger partial charge in [0.25, 0.3) is 0 Å². The van der Waals surface area contributed by atoms with E-state index in [4.69, 9.17) is 10.8 Å². The molecule has 0 aliphatic heterocycles. The monoisotopic (exact) mass is 160 g/mol. The van der Waals surface area contributed by atoms with E-state index in [1.165, 1.54) is 0 Å². The van der Waals surface area contributed by atoms with Crippen LogP contribution in [0.5, 0.6) is 0 Å². The van der Waals surface area contributed by atoms with Crippen LogP contribution in [0.25, 0.3) is 0 Å². The topological polar surface area (TPSA) is 92.4 Å². The van der Waals surface area contributed by atoms with Gasteiger partial charge in [0, 0.05) is 13.0 Å². The van der Waals surface area contributed by atoms with Gasteiger partial charge in [0.05, 0.1) is 5.92 Å². The molecule has 0 aromatic heterocycles. The van der Waals surface area contributed by atoms with Crippen LogP contribution in [0.15, 0.2) is 0 Å². The Morgan fingerprint density at radius 3 is 2.45 bits per heavy atom. The number of hydrogen-bond acceptors (Lipinski definition) is 3. The molecule has 0 spiro atoms. The van der Waals surface area contributed by atoms with E-state index >= 15 is 0 Å². The Kier molecular flexibility index (Phi) is 4.21. The lowest BCUT2D eigenvalue weighted by Gasteiger charge is -2.07. The molecular formula is C6H12N2O3. The standard InChI is InChI=1S/C6H12N2O3/c1-8-3-4(6(10)11)2-5(7)9/h4,8H,2-3H2,1H3,(H2,7,9)(H,10,11). The second-order valence-corrected chi connectivity index (χ2v) is 2.26. The average molecular weight is 160 g/mol. The lowest BCUT2D eigenvalue weighted by Crippen LogP contribution is -2.30. The number of primary amides is 1. The Balaban J connectivity index is 3.89. The molecule has 5 nitrogen and oxygen atoms in total. The molecule has 0 saturated heterocycles. The van der Waals surface area contributed by atoms with Crippen molar-refractivity contribution >= 4 is 11.9 Å². The van der Waals surface area contributed by atoms with Crippen LogP contribution in [0.3, 0.4) is 0 Å². The summed E-state index contributed by atoms with van der Waals surface area (Å²) >= 11 is 0. The highest BCUT2D eigenvalue weighted by Gasteiger charge is 2.18. The fraction of sp³-hybridized carbons (Fsp3) is 0.667. The molecule has 5 heteroatoms. The first kappa shape index (κ1) is 9.90. The van der Waals surface area contributed by atoms with Crippen molar-refractivity contribution in [2.45, 2.75) is 6.42 Å². The molecule has 0 heterocycles. The van der Waals surface area contributed by atoms with E-state index in [1.807, 2.05) is 0 Å². The summed E-state index contributed by atoms with van der Waals surface area (Å²) < 4.78 is 0. The Hall–Kier alpha value is -1.10. The minimum absolute atomic E-state index is 0.115. The number of amides is 1. The maximum absolute atomic E-state index is 10.4. The van der Waals surface area contributed by atoms with Gasteiger partial charge in [-0.15, -0.1) is 0 Å². The number of aliphatic carboxylic acids is 1. The fourth-order valence-electron chi connectivity index (χ4n) is 0.736. The third-order valence-electron chi connectivity index (χ3n) is 1.25. The highest BCUT2D eigenvalue weighted by atomic mass is 16.4. The summed E-state index contributed by atoms with van der Waals surface area (Å²) in [4.78, 5) is 20.7. The van der Waals surface area contributed by atoms with Crippen LogP contribution in [0.2, 0.25) is 0 Å². The quantitative estimate of drug-likeness (QED) is 0.470. The zero-order chi connectivity index (χ0) is 8.85. The maximum atomic E-state index is 10.4. The molecule has 0 aromatic rings. The van der Waals surface area contributed by atoms with Crippen molar-refractivity contribution in [1.82, 2.24) is 5.32 Å². The highest BCUT2D eigenvalue weighted by molar-refractivity contribution is 5.81. The average Bonchev–Trinajstić information content (AvgIpc) is 1.86. The van der Waals surface area contributed by atoms with Gasteiger partial charge in [-0.3, -0.25) is 9.59 Å². The Labute approximate surface area is 64.6 Å². The summed E-state index contributed by atoms with van der Waals surface area (Å²) in [5.74, 6) is -2.30. The third-order valence-corrected chi connectivity index (χ3v) is 1.25. The number of carboxylic acid groups (broad SMARTS) is 1. The van der Waals surface area contributed by atoms with Crippen LogP contribution in [-0.2, 0) is 9.59 Å². The zero-order valence-electron chi connectivity index (χ0n) is 6.33. The number of hydrogen-bond donors (Lipinski definition) is 3. The molecule has 0 radical (unpaired) electrons. The molecule has 1 unspecified atom stereocenters. The molecule has 0 bridgehead atoms. The first-order valence-electron chi connectivity index (χ1n) is 3.23. The molecule has 1 atom stereocenters. The van der Waals surface area contributed by atoms with Crippen molar-refractivity contribution in [3.8, 4) is 0 Å². The third kappa shape index (κ3) is 4.32. The van der Waals surface area contributed by atoms with Gasteiger partial charge < -0.3 is 16.2 Å². The molecule has 0 aromatic carbocycles. The van der Waals surface area contributed by atoms with E-state index in [2.05, 4.69) is 5.32 Å². The second kappa shape index (κ2) is 4.68. The molecule has 0 saturated carbocycles. The van der Waals surface area contributed by atoms with E-state index in [1.54, 1.807) is 7.05 Å². The van der Waals surface area contributed by atoms with Gasteiger partial charge in [-0.1, -0.05) is 0 Å². The largest absolute Gasteiger partial charge is 0.481 e. The summed E-state index contributed by atoms with van der Waals surface area (Å²) in [6.07, 6.45) is -0.115. The van der Waals surface area contributed by atoms with E-state index < -0.39 is 17.8 Å². The SMILES string of the molecule is CNCC(CC(N)=O)C(=O)O. The molecule has 64 valence electrons. The van der Waals surface area contributed by atoms with Crippen LogP contribution in [0.4, 0.5) is 0 Å². The van der Waals surface area contributed by atoms with Crippen LogP contribution in [0, 0.1) is 5.92 Å². The van der Waals surface area contributed by atoms with Crippen molar-refractivity contribution in [3.05, 3.63) is 0 Å². The normalized spacial score (nSPS) is 12.5. The summed E-state index contributed by atoms with van der Waals surface area (Å²) in [7, 11) is 1.62. The molecule has 0 aliphatic carbocycles. The van der Waals surface area contributed by atoms with Gasteiger partial charge in [-0.05, 0) is 7.05 Å². The summed E-state index contributed by atoms with van der Waals surface area (Å²) in [5.41, 5.74) is 4.83. The fourth-order valence-corrected chi connectivity index (χ4v) is 0.736. The predicted octanol–water partition coefficient (Wildman–Crippen LogP) is -1.22. The van der Waals surface area contributed by atoms with Crippen molar-refractivity contribution in [2.24, 2.45) is 11.7 Å². The molecular weight excluding hydrogens is 148 g/mol. The van der Waals surface area contributed by atoms with Gasteiger partial charge in [0.1, 0.15) is 0 Å². The smallest absolute Gasteiger partial charge is 0.308 e. The highest BCUT2D eigenvalue weighted by Crippen LogP contribution is 2.00. The lowest BCUT2D eigenvalue weighted by atomic mass is 10.1. The molecule has 11 heavy (non-hydrogen) atoms. The minimum Gasteiger partial charge on any atom is -0.481 e. The molecule has 4 N–H and O–H groups in total. The first-order chi connectivity index (χ1) is 5.07. The van der Waals surface area contributed by atoms with Crippen LogP contribution < -0.4 is 11.1 Å². The number of nitrogens with two attached hydrogens (primary N) is 1. The number of rotatable bonds is 5. The van der Waals surface area contributed by atoms with E-state index in [9.17, 15) is 9.59 Å². The summed E-state index contributed by atoms with van der Waals surface area (Å²) in [5, 5.41) is 11.2. The first-order valence-corrected chi connectivity index (χ1v) is 3.23. The minimum atomic E-state index is -1.00. The molecule has 0 aliphatic rings. The summed E-state index contributed by atoms with van der Waals surface area (Å²) in [6, 6.07) is 0. The van der Waals surface area contributed by atoms with Gasteiger partial charge in [-0.25, -0.2) is 0 Å². The number of carboxylic acids is 1. The lowest BCUT2D eigenvalue weighted by molar-refractivity contribution is -0.143. The Bertz CT molecular complexity index is 158. The van der Waals surface area contributed by atoms with Crippen LogP contribution in [-0.4, -0.2) is 30.6 Å². The molecule has 0 rings (SSSR count). The van der Waals surface area contributed by atoms with Crippen molar-refractivity contribution < 1.29 is 14.7 Å².